The molecule has 4 nitrogen and oxygen atoms in total. The fourth-order valence-electron chi connectivity index (χ4n) is 2.68. The van der Waals surface area contributed by atoms with Crippen molar-refractivity contribution in [2.24, 2.45) is 0 Å². The van der Waals surface area contributed by atoms with Crippen LogP contribution >= 0.6 is 12.4 Å². The molecule has 1 saturated heterocycles. The zero-order valence-electron chi connectivity index (χ0n) is 12.5. The average Bonchev–Trinajstić information content (AvgIpc) is 2.46. The number of nitrogens with zero attached hydrogens (tertiary/aromatic N) is 2. The maximum Gasteiger partial charge on any atom is 0.573 e. The number of aromatic nitrogens is 1. The highest BCUT2D eigenvalue weighted by molar-refractivity contribution is 5.93. The van der Waals surface area contributed by atoms with Crippen molar-refractivity contribution in [1.82, 2.24) is 10.3 Å². The van der Waals surface area contributed by atoms with Crippen molar-refractivity contribution in [2.45, 2.75) is 13.3 Å². The number of hydrogen-bond acceptors (Lipinski definition) is 4. The van der Waals surface area contributed by atoms with E-state index in [0.29, 0.717) is 10.9 Å². The maximum atomic E-state index is 12.4. The van der Waals surface area contributed by atoms with Crippen LogP contribution in [0.2, 0.25) is 0 Å². The minimum atomic E-state index is -4.69. The summed E-state index contributed by atoms with van der Waals surface area (Å²) in [6.07, 6.45) is -4.69. The quantitative estimate of drug-likeness (QED) is 0.904. The number of nitrogens with one attached hydrogen (secondary N) is 1. The Balaban J connectivity index is 0.00000192. The first-order valence-corrected chi connectivity index (χ1v) is 7.05. The predicted octanol–water partition coefficient (Wildman–Crippen LogP) is 3.27. The largest absolute Gasteiger partial charge is 0.573 e. The van der Waals surface area contributed by atoms with Crippen molar-refractivity contribution in [3.05, 3.63) is 30.0 Å². The van der Waals surface area contributed by atoms with Crippen LogP contribution in [0.15, 0.2) is 24.3 Å². The van der Waals surface area contributed by atoms with Crippen LogP contribution in [-0.2, 0) is 0 Å². The molecule has 1 aliphatic rings. The number of aryl methyl sites for hydroxylation is 1. The van der Waals surface area contributed by atoms with E-state index < -0.39 is 6.36 Å². The molecule has 1 aromatic carbocycles. The summed E-state index contributed by atoms with van der Waals surface area (Å²) in [6.45, 7) is 5.19. The monoisotopic (exact) mass is 347 g/mol. The smallest absolute Gasteiger partial charge is 0.406 e. The van der Waals surface area contributed by atoms with Crippen molar-refractivity contribution < 1.29 is 17.9 Å². The van der Waals surface area contributed by atoms with Crippen molar-refractivity contribution in [1.29, 1.82) is 0 Å². The van der Waals surface area contributed by atoms with Gasteiger partial charge >= 0.3 is 6.36 Å². The Kier molecular flexibility index (Phi) is 5.21. The van der Waals surface area contributed by atoms with E-state index in [1.54, 1.807) is 6.07 Å². The van der Waals surface area contributed by atoms with Crippen molar-refractivity contribution in [3.8, 4) is 5.75 Å². The highest BCUT2D eigenvalue weighted by atomic mass is 35.5. The number of piperazine rings is 1. The Morgan fingerprint density at radius 2 is 1.87 bits per heavy atom. The molecule has 1 fully saturated rings. The van der Waals surface area contributed by atoms with Crippen molar-refractivity contribution in [2.75, 3.05) is 31.1 Å². The molecule has 0 atom stereocenters. The van der Waals surface area contributed by atoms with Gasteiger partial charge in [0.1, 0.15) is 5.75 Å². The molecule has 1 aromatic heterocycles. The lowest BCUT2D eigenvalue weighted by Gasteiger charge is -2.30. The molecular weight excluding hydrogens is 331 g/mol. The number of benzene rings is 1. The van der Waals surface area contributed by atoms with E-state index in [-0.39, 0.29) is 18.2 Å². The van der Waals surface area contributed by atoms with Crippen molar-refractivity contribution >= 4 is 29.0 Å². The van der Waals surface area contributed by atoms with Crippen LogP contribution in [0.5, 0.6) is 5.75 Å². The summed E-state index contributed by atoms with van der Waals surface area (Å²) < 4.78 is 41.2. The molecule has 0 radical (unpaired) electrons. The summed E-state index contributed by atoms with van der Waals surface area (Å²) >= 11 is 0. The number of halogens is 4. The Hall–Kier alpha value is -1.73. The van der Waals surface area contributed by atoms with E-state index in [0.717, 1.165) is 37.6 Å². The van der Waals surface area contributed by atoms with Gasteiger partial charge in [0, 0.05) is 42.9 Å². The van der Waals surface area contributed by atoms with E-state index in [1.165, 1.54) is 12.1 Å². The second-order valence-electron chi connectivity index (χ2n) is 5.25. The molecule has 23 heavy (non-hydrogen) atoms. The van der Waals surface area contributed by atoms with E-state index >= 15 is 0 Å². The van der Waals surface area contributed by atoms with Gasteiger partial charge in [-0.3, -0.25) is 4.98 Å². The van der Waals surface area contributed by atoms with Gasteiger partial charge in [-0.1, -0.05) is 0 Å². The third-order valence-corrected chi connectivity index (χ3v) is 3.58. The third kappa shape index (κ3) is 4.17. The topological polar surface area (TPSA) is 37.4 Å². The number of anilines is 1. The first-order valence-electron chi connectivity index (χ1n) is 7.05. The second kappa shape index (κ2) is 6.80. The number of ether oxygens (including phenoxy) is 1. The minimum Gasteiger partial charge on any atom is -0.406 e. The predicted molar refractivity (Wildman–Crippen MR) is 85.5 cm³/mol. The van der Waals surface area contributed by atoms with E-state index in [9.17, 15) is 13.2 Å². The Bertz CT molecular complexity index is 687. The third-order valence-electron chi connectivity index (χ3n) is 3.58. The lowest BCUT2D eigenvalue weighted by atomic mass is 10.1. The lowest BCUT2D eigenvalue weighted by molar-refractivity contribution is -0.274. The molecule has 0 amide bonds. The van der Waals surface area contributed by atoms with Gasteiger partial charge < -0.3 is 15.0 Å². The summed E-state index contributed by atoms with van der Waals surface area (Å²) in [5, 5.41) is 3.93. The van der Waals surface area contributed by atoms with Gasteiger partial charge in [0.05, 0.1) is 5.52 Å². The van der Waals surface area contributed by atoms with Gasteiger partial charge in [-0.25, -0.2) is 0 Å². The number of rotatable bonds is 2. The molecule has 2 heterocycles. The first kappa shape index (κ1) is 17.6. The van der Waals surface area contributed by atoms with Gasteiger partial charge in [-0.15, -0.1) is 25.6 Å². The van der Waals surface area contributed by atoms with Crippen LogP contribution in [0.3, 0.4) is 0 Å². The standard InChI is InChI=1S/C15H16F3N3O.ClH/c1-10-8-14(21-6-4-19-5-7-21)12-9-11(22-15(16,17)18)2-3-13(12)20-10;/h2-3,8-9,19H,4-7H2,1H3;1H. The molecule has 1 aliphatic heterocycles. The van der Waals surface area contributed by atoms with Gasteiger partial charge in [0.2, 0.25) is 0 Å². The molecule has 126 valence electrons. The molecular formula is C15H17ClF3N3O. The first-order chi connectivity index (χ1) is 10.4. The summed E-state index contributed by atoms with van der Waals surface area (Å²) in [4.78, 5) is 6.55. The molecule has 0 saturated carbocycles. The number of hydrogen-bond donors (Lipinski definition) is 1. The molecule has 1 N–H and O–H groups in total. The van der Waals surface area contributed by atoms with Gasteiger partial charge in [0.25, 0.3) is 0 Å². The van der Waals surface area contributed by atoms with Crippen molar-refractivity contribution in [3.63, 3.8) is 0 Å². The van der Waals surface area contributed by atoms with Crippen LogP contribution in [-0.4, -0.2) is 37.5 Å². The molecule has 8 heteroatoms. The number of alkyl halides is 3. The van der Waals surface area contributed by atoms with E-state index in [2.05, 4.69) is 19.9 Å². The Morgan fingerprint density at radius 1 is 1.17 bits per heavy atom. The van der Waals surface area contributed by atoms with Gasteiger partial charge in [-0.05, 0) is 31.2 Å². The molecule has 0 spiro atoms. The average molecular weight is 348 g/mol. The zero-order valence-corrected chi connectivity index (χ0v) is 13.3. The van der Waals surface area contributed by atoms with Crippen LogP contribution < -0.4 is 15.0 Å². The minimum absolute atomic E-state index is 0. The maximum absolute atomic E-state index is 12.4. The molecule has 2 aromatic rings. The van der Waals surface area contributed by atoms with Crippen LogP contribution in [0, 0.1) is 6.92 Å². The molecule has 3 rings (SSSR count). The van der Waals surface area contributed by atoms with Gasteiger partial charge in [-0.2, -0.15) is 0 Å². The fraction of sp³-hybridized carbons (Fsp3) is 0.400. The number of fused-ring (bicyclic) bond motifs is 1. The summed E-state index contributed by atoms with van der Waals surface area (Å²) in [6, 6.07) is 6.18. The lowest BCUT2D eigenvalue weighted by Crippen LogP contribution is -2.43. The molecule has 0 aliphatic carbocycles. The zero-order chi connectivity index (χ0) is 15.7. The SMILES string of the molecule is Cc1cc(N2CCNCC2)c2cc(OC(F)(F)F)ccc2n1.Cl. The highest BCUT2D eigenvalue weighted by Crippen LogP contribution is 2.32. The molecule has 0 unspecified atom stereocenters. The van der Waals surface area contributed by atoms with Gasteiger partial charge in [0.15, 0.2) is 0 Å². The summed E-state index contributed by atoms with van der Waals surface area (Å²) in [5.74, 6) is -0.220. The van der Waals surface area contributed by atoms with E-state index in [1.807, 2.05) is 13.0 Å². The van der Waals surface area contributed by atoms with Crippen LogP contribution in [0.4, 0.5) is 18.9 Å². The Labute approximate surface area is 138 Å². The molecule has 0 bridgehead atoms. The summed E-state index contributed by atoms with van der Waals surface area (Å²) in [7, 11) is 0. The van der Waals surface area contributed by atoms with E-state index in [4.69, 9.17) is 0 Å². The summed E-state index contributed by atoms with van der Waals surface area (Å²) in [5.41, 5.74) is 2.41. The number of pyridine rings is 1. The Morgan fingerprint density at radius 3 is 2.52 bits per heavy atom. The normalized spacial score (nSPS) is 15.4. The second-order valence-corrected chi connectivity index (χ2v) is 5.25. The van der Waals surface area contributed by atoms with Crippen LogP contribution in [0.1, 0.15) is 5.69 Å². The fourth-order valence-corrected chi connectivity index (χ4v) is 2.68. The highest BCUT2D eigenvalue weighted by Gasteiger charge is 2.31. The van der Waals surface area contributed by atoms with Crippen LogP contribution in [0.25, 0.3) is 10.9 Å².